The zero-order valence-electron chi connectivity index (χ0n) is 11.5. The molecule has 0 aliphatic rings. The maximum absolute atomic E-state index is 11.4. The van der Waals surface area contributed by atoms with E-state index < -0.39 is 0 Å². The van der Waals surface area contributed by atoms with Gasteiger partial charge in [0.05, 0.1) is 6.54 Å². The Kier molecular flexibility index (Phi) is 6.83. The lowest BCUT2D eigenvalue weighted by Gasteiger charge is -2.16. The summed E-state index contributed by atoms with van der Waals surface area (Å²) in [6.07, 6.45) is 0. The van der Waals surface area contributed by atoms with Gasteiger partial charge in [-0.1, -0.05) is 11.6 Å². The first-order valence-electron chi connectivity index (χ1n) is 6.09. The number of benzene rings is 1. The van der Waals surface area contributed by atoms with Gasteiger partial charge in [-0.05, 0) is 31.3 Å². The van der Waals surface area contributed by atoms with Gasteiger partial charge in [0.15, 0.2) is 0 Å². The molecule has 0 heterocycles. The minimum atomic E-state index is -0.313. The fourth-order valence-corrected chi connectivity index (χ4v) is 1.50. The molecule has 0 radical (unpaired) electrons. The SMILES string of the molecule is CC(=O)NNC(=O)CN(C)CCOc1ccc(Cl)cc1. The van der Waals surface area contributed by atoms with Gasteiger partial charge in [-0.15, -0.1) is 0 Å². The average molecular weight is 300 g/mol. The lowest BCUT2D eigenvalue weighted by Crippen LogP contribution is -2.45. The molecule has 7 heteroatoms. The number of hydrogen-bond donors (Lipinski definition) is 2. The third-order valence-electron chi connectivity index (χ3n) is 2.35. The molecule has 0 bridgehead atoms. The third kappa shape index (κ3) is 6.96. The van der Waals surface area contributed by atoms with E-state index in [0.29, 0.717) is 18.2 Å². The number of halogens is 1. The van der Waals surface area contributed by atoms with Crippen LogP contribution in [0.15, 0.2) is 24.3 Å². The Labute approximate surface area is 123 Å². The minimum Gasteiger partial charge on any atom is -0.492 e. The van der Waals surface area contributed by atoms with Crippen molar-refractivity contribution in [2.75, 3.05) is 26.7 Å². The molecule has 0 fully saturated rings. The number of likely N-dealkylation sites (N-methyl/N-ethyl adjacent to an activating group) is 1. The number of amides is 2. The highest BCUT2D eigenvalue weighted by Crippen LogP contribution is 2.15. The van der Waals surface area contributed by atoms with Crippen LogP contribution in [0.25, 0.3) is 0 Å². The van der Waals surface area contributed by atoms with Crippen molar-refractivity contribution in [3.63, 3.8) is 0 Å². The Morgan fingerprint density at radius 2 is 1.90 bits per heavy atom. The van der Waals surface area contributed by atoms with Crippen molar-refractivity contribution in [1.82, 2.24) is 15.8 Å². The van der Waals surface area contributed by atoms with E-state index in [9.17, 15) is 9.59 Å². The number of nitrogens with zero attached hydrogens (tertiary/aromatic N) is 1. The fourth-order valence-electron chi connectivity index (χ4n) is 1.37. The molecule has 0 aliphatic carbocycles. The summed E-state index contributed by atoms with van der Waals surface area (Å²) in [5.41, 5.74) is 4.52. The molecular weight excluding hydrogens is 282 g/mol. The third-order valence-corrected chi connectivity index (χ3v) is 2.60. The summed E-state index contributed by atoms with van der Waals surface area (Å²) in [6.45, 7) is 2.52. The van der Waals surface area contributed by atoms with Crippen molar-refractivity contribution in [2.45, 2.75) is 6.92 Å². The molecule has 0 spiro atoms. The smallest absolute Gasteiger partial charge is 0.252 e. The average Bonchev–Trinajstić information content (AvgIpc) is 2.38. The van der Waals surface area contributed by atoms with Crippen molar-refractivity contribution in [3.8, 4) is 5.75 Å². The first-order chi connectivity index (χ1) is 9.47. The van der Waals surface area contributed by atoms with E-state index in [2.05, 4.69) is 10.9 Å². The van der Waals surface area contributed by atoms with Crippen molar-refractivity contribution in [3.05, 3.63) is 29.3 Å². The summed E-state index contributed by atoms with van der Waals surface area (Å²) in [6, 6.07) is 7.07. The van der Waals surface area contributed by atoms with Gasteiger partial charge in [-0.25, -0.2) is 0 Å². The summed E-state index contributed by atoms with van der Waals surface area (Å²) in [7, 11) is 1.79. The Bertz CT molecular complexity index is 451. The number of hydrogen-bond acceptors (Lipinski definition) is 4. The number of nitrogens with one attached hydrogen (secondary N) is 2. The summed E-state index contributed by atoms with van der Waals surface area (Å²) < 4.78 is 5.51. The van der Waals surface area contributed by atoms with E-state index >= 15 is 0 Å². The maximum atomic E-state index is 11.4. The monoisotopic (exact) mass is 299 g/mol. The van der Waals surface area contributed by atoms with Crippen LogP contribution in [-0.4, -0.2) is 43.5 Å². The zero-order valence-corrected chi connectivity index (χ0v) is 12.2. The lowest BCUT2D eigenvalue weighted by molar-refractivity contribution is -0.128. The molecule has 1 aromatic rings. The van der Waals surface area contributed by atoms with Gasteiger partial charge in [-0.2, -0.15) is 0 Å². The van der Waals surface area contributed by atoms with Crippen molar-refractivity contribution in [1.29, 1.82) is 0 Å². The fraction of sp³-hybridized carbons (Fsp3) is 0.385. The second-order valence-corrected chi connectivity index (χ2v) is 4.71. The van der Waals surface area contributed by atoms with Gasteiger partial charge in [0.25, 0.3) is 5.91 Å². The number of rotatable bonds is 6. The van der Waals surface area contributed by atoms with Crippen LogP contribution in [0.4, 0.5) is 0 Å². The van der Waals surface area contributed by atoms with Crippen LogP contribution in [0.3, 0.4) is 0 Å². The molecule has 0 unspecified atom stereocenters. The molecule has 0 saturated carbocycles. The highest BCUT2D eigenvalue weighted by atomic mass is 35.5. The van der Waals surface area contributed by atoms with Crippen LogP contribution in [-0.2, 0) is 9.59 Å². The largest absolute Gasteiger partial charge is 0.492 e. The number of ether oxygens (including phenoxy) is 1. The summed E-state index contributed by atoms with van der Waals surface area (Å²) in [4.78, 5) is 23.8. The van der Waals surface area contributed by atoms with Crippen molar-refractivity contribution in [2.24, 2.45) is 0 Å². The quantitative estimate of drug-likeness (QED) is 0.763. The number of carbonyl (C=O) groups excluding carboxylic acids is 2. The highest BCUT2D eigenvalue weighted by Gasteiger charge is 2.06. The van der Waals surface area contributed by atoms with Gasteiger partial charge in [0, 0.05) is 18.5 Å². The van der Waals surface area contributed by atoms with Crippen LogP contribution in [0.2, 0.25) is 5.02 Å². The zero-order chi connectivity index (χ0) is 15.0. The Hall–Kier alpha value is -1.79. The molecule has 2 amide bonds. The Balaban J connectivity index is 2.19. The van der Waals surface area contributed by atoms with E-state index in [4.69, 9.17) is 16.3 Å². The van der Waals surface area contributed by atoms with E-state index in [0.717, 1.165) is 5.75 Å². The van der Waals surface area contributed by atoms with Gasteiger partial charge in [-0.3, -0.25) is 25.3 Å². The van der Waals surface area contributed by atoms with Gasteiger partial charge in [0.1, 0.15) is 12.4 Å². The van der Waals surface area contributed by atoms with E-state index in [-0.39, 0.29) is 18.4 Å². The van der Waals surface area contributed by atoms with Crippen LogP contribution in [0.5, 0.6) is 5.75 Å². The first kappa shape index (κ1) is 16.3. The topological polar surface area (TPSA) is 70.7 Å². The van der Waals surface area contributed by atoms with E-state index in [1.165, 1.54) is 6.92 Å². The summed E-state index contributed by atoms with van der Waals surface area (Å²) in [5, 5.41) is 0.657. The van der Waals surface area contributed by atoms with Crippen LogP contribution in [0, 0.1) is 0 Å². The minimum absolute atomic E-state index is 0.171. The molecule has 2 N–H and O–H groups in total. The highest BCUT2D eigenvalue weighted by molar-refractivity contribution is 6.30. The van der Waals surface area contributed by atoms with Crippen LogP contribution < -0.4 is 15.6 Å². The molecule has 1 aromatic carbocycles. The number of carbonyl (C=O) groups is 2. The van der Waals surface area contributed by atoms with Crippen molar-refractivity contribution < 1.29 is 14.3 Å². The molecule has 6 nitrogen and oxygen atoms in total. The lowest BCUT2D eigenvalue weighted by atomic mass is 10.3. The first-order valence-corrected chi connectivity index (χ1v) is 6.47. The molecule has 0 atom stereocenters. The second-order valence-electron chi connectivity index (χ2n) is 4.27. The predicted octanol–water partition coefficient (Wildman–Crippen LogP) is 0.818. The predicted molar refractivity (Wildman–Crippen MR) is 76.4 cm³/mol. The van der Waals surface area contributed by atoms with Crippen molar-refractivity contribution >= 4 is 23.4 Å². The summed E-state index contributed by atoms with van der Waals surface area (Å²) >= 11 is 5.77. The molecule has 1 rings (SSSR count). The molecule has 0 saturated heterocycles. The van der Waals surface area contributed by atoms with E-state index in [1.54, 1.807) is 36.2 Å². The second kappa shape index (κ2) is 8.39. The Morgan fingerprint density at radius 1 is 1.25 bits per heavy atom. The number of hydrazine groups is 1. The standard InChI is InChI=1S/C13H18ClN3O3/c1-10(18)15-16-13(19)9-17(2)7-8-20-12-5-3-11(14)4-6-12/h3-6H,7-9H2,1-2H3,(H,15,18)(H,16,19). The molecule has 0 aliphatic heterocycles. The van der Waals surface area contributed by atoms with E-state index in [1.807, 2.05) is 0 Å². The molecule has 0 aromatic heterocycles. The summed E-state index contributed by atoms with van der Waals surface area (Å²) in [5.74, 6) is 0.131. The maximum Gasteiger partial charge on any atom is 0.252 e. The van der Waals surface area contributed by atoms with Gasteiger partial charge in [0.2, 0.25) is 5.91 Å². The van der Waals surface area contributed by atoms with Crippen LogP contribution >= 0.6 is 11.6 Å². The molecule has 110 valence electrons. The molecule has 20 heavy (non-hydrogen) atoms. The normalized spacial score (nSPS) is 10.2. The Morgan fingerprint density at radius 3 is 2.50 bits per heavy atom. The van der Waals surface area contributed by atoms with Gasteiger partial charge >= 0.3 is 0 Å². The van der Waals surface area contributed by atoms with Gasteiger partial charge < -0.3 is 4.74 Å². The van der Waals surface area contributed by atoms with Crippen LogP contribution in [0.1, 0.15) is 6.92 Å². The molecular formula is C13H18ClN3O3.